The molecule has 1 N–H and O–H groups in total. The van der Waals surface area contributed by atoms with Gasteiger partial charge in [0.05, 0.1) is 6.54 Å². The first-order valence-electron chi connectivity index (χ1n) is 5.75. The summed E-state index contributed by atoms with van der Waals surface area (Å²) in [5.41, 5.74) is 2.04. The smallest absolute Gasteiger partial charge is 0.241 e. The first-order chi connectivity index (χ1) is 7.86. The van der Waals surface area contributed by atoms with Gasteiger partial charge in [-0.25, -0.2) is 0 Å². The summed E-state index contributed by atoms with van der Waals surface area (Å²) in [4.78, 5) is 13.8. The van der Waals surface area contributed by atoms with E-state index in [1.807, 2.05) is 6.07 Å². The maximum Gasteiger partial charge on any atom is 0.241 e. The maximum atomic E-state index is 11.7. The molecule has 4 heteroatoms. The zero-order valence-electron chi connectivity index (χ0n) is 10.2. The molecule has 0 unspecified atom stereocenters. The SMILES string of the molecule is CC1(C)c2cc(Br)ccc2N2CC(=O)N[C@@]21C. The summed E-state index contributed by atoms with van der Waals surface area (Å²) >= 11 is 3.52. The fraction of sp³-hybridized carbons (Fsp3) is 0.462. The number of hydrogen-bond acceptors (Lipinski definition) is 2. The molecule has 2 aliphatic rings. The third kappa shape index (κ3) is 1.19. The Morgan fingerprint density at radius 1 is 1.35 bits per heavy atom. The molecule has 17 heavy (non-hydrogen) atoms. The van der Waals surface area contributed by atoms with Crippen LogP contribution in [0.4, 0.5) is 5.69 Å². The van der Waals surface area contributed by atoms with Gasteiger partial charge in [0.25, 0.3) is 0 Å². The third-order valence-corrected chi connectivity index (χ3v) is 4.86. The summed E-state index contributed by atoms with van der Waals surface area (Å²) < 4.78 is 1.08. The fourth-order valence-electron chi connectivity index (χ4n) is 3.01. The molecule has 1 saturated heterocycles. The van der Waals surface area contributed by atoms with Crippen LogP contribution in [-0.4, -0.2) is 18.1 Å². The number of carbonyl (C=O) groups is 1. The highest BCUT2D eigenvalue weighted by molar-refractivity contribution is 9.10. The van der Waals surface area contributed by atoms with Gasteiger partial charge >= 0.3 is 0 Å². The van der Waals surface area contributed by atoms with Gasteiger partial charge in [-0.2, -0.15) is 0 Å². The molecule has 90 valence electrons. The minimum atomic E-state index is -0.312. The van der Waals surface area contributed by atoms with E-state index in [0.717, 1.165) is 4.47 Å². The molecule has 0 aliphatic carbocycles. The van der Waals surface area contributed by atoms with Gasteiger partial charge in [0.15, 0.2) is 0 Å². The summed E-state index contributed by atoms with van der Waals surface area (Å²) in [5.74, 6) is 0.106. The monoisotopic (exact) mass is 294 g/mol. The van der Waals surface area contributed by atoms with Gasteiger partial charge in [0.1, 0.15) is 5.66 Å². The van der Waals surface area contributed by atoms with Gasteiger partial charge in [-0.15, -0.1) is 0 Å². The second-order valence-corrected chi connectivity index (χ2v) is 6.41. The van der Waals surface area contributed by atoms with Crippen LogP contribution in [-0.2, 0) is 10.2 Å². The van der Waals surface area contributed by atoms with Crippen LogP contribution in [0.15, 0.2) is 22.7 Å². The van der Waals surface area contributed by atoms with Crippen molar-refractivity contribution in [2.24, 2.45) is 0 Å². The highest BCUT2D eigenvalue weighted by atomic mass is 79.9. The molecule has 1 amide bonds. The van der Waals surface area contributed by atoms with Crippen molar-refractivity contribution in [1.82, 2.24) is 5.32 Å². The Morgan fingerprint density at radius 2 is 2.06 bits per heavy atom. The van der Waals surface area contributed by atoms with Crippen LogP contribution in [0.25, 0.3) is 0 Å². The molecule has 1 atom stereocenters. The Hall–Kier alpha value is -1.03. The summed E-state index contributed by atoms with van der Waals surface area (Å²) in [5, 5.41) is 3.12. The lowest BCUT2D eigenvalue weighted by atomic mass is 9.77. The lowest BCUT2D eigenvalue weighted by molar-refractivity contribution is -0.119. The van der Waals surface area contributed by atoms with Crippen molar-refractivity contribution in [2.45, 2.75) is 31.8 Å². The molecule has 1 aromatic carbocycles. The summed E-state index contributed by atoms with van der Waals surface area (Å²) in [6, 6.07) is 6.28. The van der Waals surface area contributed by atoms with Gasteiger partial charge < -0.3 is 10.2 Å². The number of halogens is 1. The molecule has 0 aromatic heterocycles. The van der Waals surface area contributed by atoms with E-state index in [9.17, 15) is 4.79 Å². The Labute approximate surface area is 109 Å². The van der Waals surface area contributed by atoms with Crippen molar-refractivity contribution in [1.29, 1.82) is 0 Å². The van der Waals surface area contributed by atoms with Crippen molar-refractivity contribution in [3.63, 3.8) is 0 Å². The van der Waals surface area contributed by atoms with Gasteiger partial charge in [-0.3, -0.25) is 4.79 Å². The van der Waals surface area contributed by atoms with E-state index in [-0.39, 0.29) is 17.0 Å². The minimum Gasteiger partial charge on any atom is -0.339 e. The first-order valence-corrected chi connectivity index (χ1v) is 6.54. The standard InChI is InChI=1S/C13H15BrN2O/c1-12(2)9-6-8(14)4-5-10(9)16-7-11(17)15-13(12,16)3/h4-6H,7H2,1-3H3,(H,15,17)/t13-/m0/s1. The average molecular weight is 295 g/mol. The number of rotatable bonds is 0. The molecule has 1 aromatic rings. The van der Waals surface area contributed by atoms with Crippen LogP contribution in [0, 0.1) is 0 Å². The van der Waals surface area contributed by atoms with Crippen LogP contribution in [0.5, 0.6) is 0 Å². The summed E-state index contributed by atoms with van der Waals surface area (Å²) in [6.45, 7) is 6.92. The second-order valence-electron chi connectivity index (χ2n) is 5.49. The quantitative estimate of drug-likeness (QED) is 0.797. The normalized spacial score (nSPS) is 28.9. The number of benzene rings is 1. The molecule has 0 saturated carbocycles. The lowest BCUT2D eigenvalue weighted by Gasteiger charge is -2.39. The van der Waals surface area contributed by atoms with Gasteiger partial charge in [-0.05, 0) is 30.7 Å². The highest BCUT2D eigenvalue weighted by Gasteiger charge is 2.58. The predicted octanol–water partition coefficient (Wildman–Crippen LogP) is 2.39. The topological polar surface area (TPSA) is 32.3 Å². The van der Waals surface area contributed by atoms with Crippen molar-refractivity contribution in [3.8, 4) is 0 Å². The van der Waals surface area contributed by atoms with E-state index in [1.165, 1.54) is 11.3 Å². The molecule has 0 spiro atoms. The zero-order valence-corrected chi connectivity index (χ0v) is 11.8. The summed E-state index contributed by atoms with van der Waals surface area (Å²) in [6.07, 6.45) is 0. The number of amides is 1. The summed E-state index contributed by atoms with van der Waals surface area (Å²) in [7, 11) is 0. The van der Waals surface area contributed by atoms with Crippen molar-refractivity contribution < 1.29 is 4.79 Å². The number of nitrogens with zero attached hydrogens (tertiary/aromatic N) is 1. The van der Waals surface area contributed by atoms with Crippen LogP contribution in [0.1, 0.15) is 26.3 Å². The van der Waals surface area contributed by atoms with Gasteiger partial charge in [0, 0.05) is 15.6 Å². The fourth-order valence-corrected chi connectivity index (χ4v) is 3.37. The van der Waals surface area contributed by atoms with Crippen molar-refractivity contribution in [2.75, 3.05) is 11.4 Å². The van der Waals surface area contributed by atoms with Gasteiger partial charge in [-0.1, -0.05) is 29.8 Å². The Morgan fingerprint density at radius 3 is 2.76 bits per heavy atom. The van der Waals surface area contributed by atoms with Gasteiger partial charge in [0.2, 0.25) is 5.91 Å². The van der Waals surface area contributed by atoms with E-state index in [0.29, 0.717) is 6.54 Å². The van der Waals surface area contributed by atoms with E-state index in [2.05, 4.69) is 59.1 Å². The number of fused-ring (bicyclic) bond motifs is 3. The third-order valence-electron chi connectivity index (χ3n) is 4.36. The number of hydrogen-bond donors (Lipinski definition) is 1. The van der Waals surface area contributed by atoms with E-state index < -0.39 is 0 Å². The molecular formula is C13H15BrN2O. The van der Waals surface area contributed by atoms with E-state index in [1.54, 1.807) is 0 Å². The van der Waals surface area contributed by atoms with Crippen LogP contribution in [0.3, 0.4) is 0 Å². The molecule has 3 nitrogen and oxygen atoms in total. The largest absolute Gasteiger partial charge is 0.339 e. The van der Waals surface area contributed by atoms with Crippen LogP contribution >= 0.6 is 15.9 Å². The molecular weight excluding hydrogens is 280 g/mol. The number of carbonyl (C=O) groups excluding carboxylic acids is 1. The van der Waals surface area contributed by atoms with Crippen LogP contribution < -0.4 is 10.2 Å². The predicted molar refractivity (Wildman–Crippen MR) is 71.1 cm³/mol. The van der Waals surface area contributed by atoms with Crippen LogP contribution in [0.2, 0.25) is 0 Å². The first kappa shape index (κ1) is 11.1. The number of nitrogens with one attached hydrogen (secondary N) is 1. The number of anilines is 1. The zero-order chi connectivity index (χ0) is 12.4. The Kier molecular flexibility index (Phi) is 1.99. The van der Waals surface area contributed by atoms with Crippen molar-refractivity contribution in [3.05, 3.63) is 28.2 Å². The second kappa shape index (κ2) is 3.05. The molecule has 0 bridgehead atoms. The Balaban J connectivity index is 2.26. The average Bonchev–Trinajstić information content (AvgIpc) is 2.61. The van der Waals surface area contributed by atoms with Crippen molar-refractivity contribution >= 4 is 27.5 Å². The molecule has 0 radical (unpaired) electrons. The molecule has 3 rings (SSSR count). The van der Waals surface area contributed by atoms with E-state index >= 15 is 0 Å². The Bertz CT molecular complexity index is 526. The molecule has 1 fully saturated rings. The maximum absolute atomic E-state index is 11.7. The lowest BCUT2D eigenvalue weighted by Crippen LogP contribution is -2.57. The molecule has 2 aliphatic heterocycles. The highest BCUT2D eigenvalue weighted by Crippen LogP contribution is 2.52. The van der Waals surface area contributed by atoms with E-state index in [4.69, 9.17) is 0 Å². The molecule has 2 heterocycles. The minimum absolute atomic E-state index is 0.0989.